The Hall–Kier alpha value is -2.91. The molecule has 148 valence electrons. The molecule has 4 rings (SSSR count). The third kappa shape index (κ3) is 4.75. The van der Waals surface area contributed by atoms with Gasteiger partial charge in [-0.2, -0.15) is 0 Å². The van der Waals surface area contributed by atoms with E-state index in [0.29, 0.717) is 22.7 Å². The van der Waals surface area contributed by atoms with Gasteiger partial charge in [0.25, 0.3) is 0 Å². The number of fused-ring (bicyclic) bond motifs is 1. The Kier molecular flexibility index (Phi) is 5.77. The van der Waals surface area contributed by atoms with Crippen LogP contribution in [0.15, 0.2) is 53.7 Å². The summed E-state index contributed by atoms with van der Waals surface area (Å²) in [6.07, 6.45) is 0. The van der Waals surface area contributed by atoms with Crippen LogP contribution in [-0.2, 0) is 18.4 Å². The fraction of sp³-hybridized carbons (Fsp3) is 0.200. The van der Waals surface area contributed by atoms with E-state index in [2.05, 4.69) is 20.5 Å². The number of carbonyl (C=O) groups excluding carboxylic acids is 1. The summed E-state index contributed by atoms with van der Waals surface area (Å²) >= 11 is 2.78. The highest BCUT2D eigenvalue weighted by atomic mass is 32.2. The van der Waals surface area contributed by atoms with Gasteiger partial charge in [-0.25, -0.2) is 4.98 Å². The molecule has 0 unspecified atom stereocenters. The lowest BCUT2D eigenvalue weighted by atomic mass is 10.2. The summed E-state index contributed by atoms with van der Waals surface area (Å²) in [5.41, 5.74) is 2.06. The van der Waals surface area contributed by atoms with Crippen LogP contribution >= 0.6 is 23.1 Å². The number of amides is 1. The van der Waals surface area contributed by atoms with Crippen molar-refractivity contribution in [3.05, 3.63) is 59.9 Å². The number of hydrogen-bond acceptors (Lipinski definition) is 7. The van der Waals surface area contributed by atoms with Gasteiger partial charge in [0.15, 0.2) is 16.1 Å². The number of thioether (sulfide) groups is 1. The van der Waals surface area contributed by atoms with Crippen LogP contribution in [0.25, 0.3) is 10.2 Å². The van der Waals surface area contributed by atoms with E-state index in [1.54, 1.807) is 0 Å². The molecule has 0 atom stereocenters. The molecular formula is C20H19N5O2S2. The molecule has 9 heteroatoms. The second-order valence-electron chi connectivity index (χ2n) is 6.38. The number of para-hydroxylation sites is 1. The van der Waals surface area contributed by atoms with Gasteiger partial charge in [-0.1, -0.05) is 52.9 Å². The van der Waals surface area contributed by atoms with E-state index in [1.165, 1.54) is 28.7 Å². The molecule has 0 fully saturated rings. The van der Waals surface area contributed by atoms with Crippen molar-refractivity contribution in [2.24, 2.45) is 7.05 Å². The Morgan fingerprint density at radius 1 is 1.17 bits per heavy atom. The van der Waals surface area contributed by atoms with E-state index >= 15 is 0 Å². The summed E-state index contributed by atoms with van der Waals surface area (Å²) in [4.78, 5) is 16.7. The molecule has 4 aromatic rings. The summed E-state index contributed by atoms with van der Waals surface area (Å²) in [5.74, 6) is 1.57. The first kappa shape index (κ1) is 19.4. The van der Waals surface area contributed by atoms with Crippen LogP contribution in [-0.4, -0.2) is 31.4 Å². The number of benzene rings is 2. The van der Waals surface area contributed by atoms with Crippen LogP contribution in [0.1, 0.15) is 11.4 Å². The molecule has 0 spiro atoms. The molecular weight excluding hydrogens is 406 g/mol. The number of hydrogen-bond donors (Lipinski definition) is 1. The monoisotopic (exact) mass is 425 g/mol. The number of thiazole rings is 1. The van der Waals surface area contributed by atoms with Gasteiger partial charge in [0.1, 0.15) is 12.4 Å². The SMILES string of the molecule is Cc1ccc(OCc2nnc(SCC(=O)Nc3nc4ccccc4s3)n2C)cc1. The Morgan fingerprint density at radius 3 is 2.76 bits per heavy atom. The van der Waals surface area contributed by atoms with Gasteiger partial charge >= 0.3 is 0 Å². The highest BCUT2D eigenvalue weighted by molar-refractivity contribution is 7.99. The van der Waals surface area contributed by atoms with Gasteiger partial charge in [0, 0.05) is 7.05 Å². The third-order valence-electron chi connectivity index (χ3n) is 4.19. The number of anilines is 1. The Bertz CT molecular complexity index is 1100. The van der Waals surface area contributed by atoms with E-state index < -0.39 is 0 Å². The second kappa shape index (κ2) is 8.62. The summed E-state index contributed by atoms with van der Waals surface area (Å²) in [7, 11) is 1.86. The fourth-order valence-electron chi connectivity index (χ4n) is 2.59. The molecule has 0 saturated carbocycles. The summed E-state index contributed by atoms with van der Waals surface area (Å²) < 4.78 is 8.64. The first-order valence-corrected chi connectivity index (χ1v) is 10.7. The van der Waals surface area contributed by atoms with Crippen LogP contribution < -0.4 is 10.1 Å². The van der Waals surface area contributed by atoms with Crippen molar-refractivity contribution in [1.29, 1.82) is 0 Å². The van der Waals surface area contributed by atoms with Crippen molar-refractivity contribution >= 4 is 44.4 Å². The van der Waals surface area contributed by atoms with Crippen molar-refractivity contribution in [1.82, 2.24) is 19.7 Å². The number of aryl methyl sites for hydroxylation is 1. The van der Waals surface area contributed by atoms with E-state index in [0.717, 1.165) is 16.0 Å². The van der Waals surface area contributed by atoms with E-state index in [4.69, 9.17) is 4.74 Å². The smallest absolute Gasteiger partial charge is 0.236 e. The number of ether oxygens (including phenoxy) is 1. The van der Waals surface area contributed by atoms with Crippen molar-refractivity contribution in [2.75, 3.05) is 11.1 Å². The topological polar surface area (TPSA) is 81.9 Å². The zero-order chi connectivity index (χ0) is 20.2. The van der Waals surface area contributed by atoms with E-state index in [-0.39, 0.29) is 11.7 Å². The standard InChI is InChI=1S/C20H19N5O2S2/c1-13-7-9-14(10-8-13)27-11-17-23-24-20(25(17)2)28-12-18(26)22-19-21-15-5-3-4-6-16(15)29-19/h3-10H,11-12H2,1-2H3,(H,21,22,26). The molecule has 0 aliphatic heterocycles. The molecule has 1 amide bonds. The largest absolute Gasteiger partial charge is 0.486 e. The van der Waals surface area contributed by atoms with Crippen LogP contribution in [0.2, 0.25) is 0 Å². The number of nitrogens with one attached hydrogen (secondary N) is 1. The number of carbonyl (C=O) groups is 1. The number of aromatic nitrogens is 4. The van der Waals surface area contributed by atoms with Crippen LogP contribution in [0.3, 0.4) is 0 Å². The minimum absolute atomic E-state index is 0.130. The number of rotatable bonds is 7. The first-order chi connectivity index (χ1) is 14.1. The average molecular weight is 426 g/mol. The fourth-order valence-corrected chi connectivity index (χ4v) is 4.20. The van der Waals surface area contributed by atoms with Crippen molar-refractivity contribution < 1.29 is 9.53 Å². The molecule has 0 radical (unpaired) electrons. The van der Waals surface area contributed by atoms with Gasteiger partial charge in [-0.05, 0) is 31.2 Å². The van der Waals surface area contributed by atoms with Crippen LogP contribution in [0, 0.1) is 6.92 Å². The van der Waals surface area contributed by atoms with Gasteiger partial charge in [0.2, 0.25) is 5.91 Å². The predicted molar refractivity (Wildman–Crippen MR) is 115 cm³/mol. The minimum atomic E-state index is -0.130. The highest BCUT2D eigenvalue weighted by Crippen LogP contribution is 2.26. The molecule has 7 nitrogen and oxygen atoms in total. The lowest BCUT2D eigenvalue weighted by Crippen LogP contribution is -2.14. The van der Waals surface area contributed by atoms with Crippen molar-refractivity contribution in [3.63, 3.8) is 0 Å². The molecule has 2 aromatic carbocycles. The summed E-state index contributed by atoms with van der Waals surface area (Å²) in [5, 5.41) is 12.4. The highest BCUT2D eigenvalue weighted by Gasteiger charge is 2.13. The first-order valence-electron chi connectivity index (χ1n) is 8.94. The maximum absolute atomic E-state index is 12.3. The predicted octanol–water partition coefficient (Wildman–Crippen LogP) is 4.04. The third-order valence-corrected chi connectivity index (χ3v) is 6.16. The molecule has 2 heterocycles. The molecule has 0 bridgehead atoms. The quantitative estimate of drug-likeness (QED) is 0.450. The van der Waals surface area contributed by atoms with Crippen LogP contribution in [0.5, 0.6) is 5.75 Å². The molecule has 1 N–H and O–H groups in total. The lowest BCUT2D eigenvalue weighted by Gasteiger charge is -2.07. The Labute approximate surface area is 176 Å². The van der Waals surface area contributed by atoms with Gasteiger partial charge in [0.05, 0.1) is 16.0 Å². The lowest BCUT2D eigenvalue weighted by molar-refractivity contribution is -0.113. The number of nitrogens with zero attached hydrogens (tertiary/aromatic N) is 4. The summed E-state index contributed by atoms with van der Waals surface area (Å²) in [6, 6.07) is 15.6. The van der Waals surface area contributed by atoms with Crippen LogP contribution in [0.4, 0.5) is 5.13 Å². The normalized spacial score (nSPS) is 11.0. The van der Waals surface area contributed by atoms with E-state index in [1.807, 2.05) is 67.1 Å². The van der Waals surface area contributed by atoms with Gasteiger partial charge in [-0.3, -0.25) is 4.79 Å². The maximum atomic E-state index is 12.3. The van der Waals surface area contributed by atoms with Gasteiger partial charge < -0.3 is 14.6 Å². The van der Waals surface area contributed by atoms with Crippen molar-refractivity contribution in [2.45, 2.75) is 18.7 Å². The average Bonchev–Trinajstić information content (AvgIpc) is 3.28. The zero-order valence-corrected chi connectivity index (χ0v) is 17.6. The molecule has 0 aliphatic carbocycles. The van der Waals surface area contributed by atoms with Crippen molar-refractivity contribution in [3.8, 4) is 5.75 Å². The Morgan fingerprint density at radius 2 is 1.97 bits per heavy atom. The second-order valence-corrected chi connectivity index (χ2v) is 8.36. The molecule has 29 heavy (non-hydrogen) atoms. The maximum Gasteiger partial charge on any atom is 0.236 e. The zero-order valence-electron chi connectivity index (χ0n) is 16.0. The van der Waals surface area contributed by atoms with Gasteiger partial charge in [-0.15, -0.1) is 10.2 Å². The molecule has 0 saturated heterocycles. The summed E-state index contributed by atoms with van der Waals surface area (Å²) in [6.45, 7) is 2.34. The minimum Gasteiger partial charge on any atom is -0.486 e. The molecule has 0 aliphatic rings. The Balaban J connectivity index is 1.31. The molecule has 2 aromatic heterocycles. The van der Waals surface area contributed by atoms with E-state index in [9.17, 15) is 4.79 Å².